The third-order valence-corrected chi connectivity index (χ3v) is 5.35. The quantitative estimate of drug-likeness (QED) is 0.187. The fraction of sp³-hybridized carbons (Fsp3) is 0.364. The minimum atomic E-state index is 0.290. The van der Waals surface area contributed by atoms with Crippen molar-refractivity contribution in [1.29, 1.82) is 0 Å². The Hall–Kier alpha value is -3.82. The summed E-state index contributed by atoms with van der Waals surface area (Å²) in [5, 5.41) is 6.60. The summed E-state index contributed by atoms with van der Waals surface area (Å²) in [7, 11) is 0. The molecule has 1 aromatic carbocycles. The fourth-order valence-electron chi connectivity index (χ4n) is 3.50. The second-order valence-electron chi connectivity index (χ2n) is 7.44. The van der Waals surface area contributed by atoms with Gasteiger partial charge in [0.2, 0.25) is 5.95 Å². The molecule has 2 aromatic heterocycles. The predicted octanol–water partition coefficient (Wildman–Crippen LogP) is 3.98. The monoisotopic (exact) mass is 434 g/mol. The van der Waals surface area contributed by atoms with E-state index in [4.69, 9.17) is 15.0 Å². The molecule has 10 nitrogen and oxygen atoms in total. The van der Waals surface area contributed by atoms with Crippen molar-refractivity contribution in [2.45, 2.75) is 38.7 Å². The van der Waals surface area contributed by atoms with Gasteiger partial charge >= 0.3 is 0 Å². The first-order chi connectivity index (χ1) is 15.7. The summed E-state index contributed by atoms with van der Waals surface area (Å²) >= 11 is 0. The highest BCUT2D eigenvalue weighted by molar-refractivity contribution is 5.61. The Morgan fingerprint density at radius 1 is 1.19 bits per heavy atom. The van der Waals surface area contributed by atoms with Gasteiger partial charge in [0.25, 0.3) is 0 Å². The first-order valence-corrected chi connectivity index (χ1v) is 10.6. The Bertz CT molecular complexity index is 1040. The zero-order valence-corrected chi connectivity index (χ0v) is 18.0. The number of piperidine rings is 1. The fourth-order valence-corrected chi connectivity index (χ4v) is 3.50. The molecule has 1 aliphatic heterocycles. The number of hydrogen-bond acceptors (Lipinski definition) is 8. The zero-order chi connectivity index (χ0) is 22.2. The number of rotatable bonds is 8. The summed E-state index contributed by atoms with van der Waals surface area (Å²) in [4.78, 5) is 19.9. The van der Waals surface area contributed by atoms with E-state index >= 15 is 0 Å². The van der Waals surface area contributed by atoms with Gasteiger partial charge in [0.05, 0.1) is 5.69 Å². The zero-order valence-electron chi connectivity index (χ0n) is 18.0. The third-order valence-electron chi connectivity index (χ3n) is 5.35. The number of aromatic nitrogens is 3. The van der Waals surface area contributed by atoms with Gasteiger partial charge in [0.15, 0.2) is 5.89 Å². The maximum Gasteiger partial charge on any atom is 0.225 e. The first-order valence-electron chi connectivity index (χ1n) is 10.6. The number of aryl methyl sites for hydroxylation is 1. The molecule has 0 amide bonds. The number of nitrogens with two attached hydrogens (primary N) is 1. The summed E-state index contributed by atoms with van der Waals surface area (Å²) in [6.07, 6.45) is 9.61. The number of nitrogens with zero attached hydrogens (tertiary/aromatic N) is 7. The topological polar surface area (TPSA) is 127 Å². The number of oxazole rings is 1. The van der Waals surface area contributed by atoms with Crippen molar-refractivity contribution < 1.29 is 9.15 Å². The van der Waals surface area contributed by atoms with Crippen LogP contribution < -0.4 is 15.5 Å². The van der Waals surface area contributed by atoms with E-state index < -0.39 is 0 Å². The summed E-state index contributed by atoms with van der Waals surface area (Å²) in [5.41, 5.74) is 2.65. The molecule has 4 rings (SSSR count). The molecule has 0 spiro atoms. The minimum absolute atomic E-state index is 0.290. The number of aliphatic imine (C=N–C) groups is 1. The summed E-state index contributed by atoms with van der Waals surface area (Å²) in [6, 6.07) is 7.30. The number of ether oxygens (including phenoxy) is 1. The van der Waals surface area contributed by atoms with Crippen LogP contribution in [0.5, 0.6) is 5.75 Å². The molecule has 0 saturated carbocycles. The van der Waals surface area contributed by atoms with Crippen LogP contribution >= 0.6 is 0 Å². The summed E-state index contributed by atoms with van der Waals surface area (Å²) in [6.45, 7) is 4.20. The highest BCUT2D eigenvalue weighted by Gasteiger charge is 2.25. The van der Waals surface area contributed by atoms with Gasteiger partial charge in [-0.05, 0) is 49.1 Å². The lowest BCUT2D eigenvalue weighted by atomic mass is 9.97. The minimum Gasteiger partial charge on any atom is -0.487 e. The standard InChI is InChI=1S/C22H26N8O2/c1-2-16-11-24-22(25-12-16)30-9-7-17(8-10-30)21-28-19(14-32-21)13-31-20-5-3-18(4-6-20)26-15-27-29-23/h3-6,11-12,14-15,17H,2,7-10,13H2,1H3,(H2,23,26,27). The smallest absolute Gasteiger partial charge is 0.225 e. The SMILES string of the molecule is CCc1cnc(N2CCC(c3nc(COc4ccc(N=CN=NN)cc4)co3)CC2)nc1. The molecule has 0 aliphatic carbocycles. The Morgan fingerprint density at radius 3 is 2.62 bits per heavy atom. The van der Waals surface area contributed by atoms with Gasteiger partial charge < -0.3 is 19.9 Å². The lowest BCUT2D eigenvalue weighted by molar-refractivity contribution is 0.301. The Kier molecular flexibility index (Phi) is 7.01. The highest BCUT2D eigenvalue weighted by Crippen LogP contribution is 2.29. The van der Waals surface area contributed by atoms with Crippen LogP contribution in [0.15, 0.2) is 62.7 Å². The molecule has 1 aliphatic rings. The van der Waals surface area contributed by atoms with E-state index in [0.29, 0.717) is 6.61 Å². The van der Waals surface area contributed by atoms with Crippen LogP contribution in [0.4, 0.5) is 11.6 Å². The van der Waals surface area contributed by atoms with Crippen molar-refractivity contribution in [3.63, 3.8) is 0 Å². The highest BCUT2D eigenvalue weighted by atomic mass is 16.5. The van der Waals surface area contributed by atoms with E-state index in [1.807, 2.05) is 36.7 Å². The average Bonchev–Trinajstić information content (AvgIpc) is 3.33. The number of anilines is 1. The van der Waals surface area contributed by atoms with Crippen LogP contribution in [0.2, 0.25) is 0 Å². The predicted molar refractivity (Wildman–Crippen MR) is 120 cm³/mol. The Morgan fingerprint density at radius 2 is 1.94 bits per heavy atom. The van der Waals surface area contributed by atoms with Crippen LogP contribution in [0, 0.1) is 0 Å². The lowest BCUT2D eigenvalue weighted by Gasteiger charge is -2.30. The van der Waals surface area contributed by atoms with Crippen molar-refractivity contribution in [2.24, 2.45) is 21.2 Å². The molecule has 3 aromatic rings. The molecule has 0 atom stereocenters. The van der Waals surface area contributed by atoms with Gasteiger partial charge in [0.1, 0.15) is 30.7 Å². The molecule has 0 bridgehead atoms. The van der Waals surface area contributed by atoms with Crippen LogP contribution in [0.25, 0.3) is 0 Å². The van der Waals surface area contributed by atoms with Crippen molar-refractivity contribution >= 4 is 18.0 Å². The molecule has 10 heteroatoms. The summed E-state index contributed by atoms with van der Waals surface area (Å²) in [5.74, 6) is 7.50. The van der Waals surface area contributed by atoms with E-state index in [2.05, 4.69) is 42.1 Å². The molecule has 0 unspecified atom stereocenters. The molecule has 1 saturated heterocycles. The van der Waals surface area contributed by atoms with Crippen LogP contribution in [0.1, 0.15) is 42.8 Å². The first kappa shape index (κ1) is 21.4. The van der Waals surface area contributed by atoms with E-state index in [9.17, 15) is 0 Å². The molecule has 0 radical (unpaired) electrons. The summed E-state index contributed by atoms with van der Waals surface area (Å²) < 4.78 is 11.6. The molecule has 2 N–H and O–H groups in total. The van der Waals surface area contributed by atoms with Crippen LogP contribution in [-0.4, -0.2) is 34.4 Å². The van der Waals surface area contributed by atoms with Gasteiger partial charge in [-0.15, -0.1) is 5.11 Å². The van der Waals surface area contributed by atoms with Crippen molar-refractivity contribution in [2.75, 3.05) is 18.0 Å². The van der Waals surface area contributed by atoms with Crippen LogP contribution in [0.3, 0.4) is 0 Å². The second-order valence-corrected chi connectivity index (χ2v) is 7.44. The largest absolute Gasteiger partial charge is 0.487 e. The maximum absolute atomic E-state index is 5.81. The Balaban J connectivity index is 1.27. The van der Waals surface area contributed by atoms with Gasteiger partial charge in [-0.3, -0.25) is 0 Å². The third kappa shape index (κ3) is 5.45. The van der Waals surface area contributed by atoms with E-state index in [1.54, 1.807) is 6.26 Å². The second kappa shape index (κ2) is 10.5. The van der Waals surface area contributed by atoms with Gasteiger partial charge in [0, 0.05) is 31.4 Å². The molecule has 3 heterocycles. The Labute approximate surface area is 186 Å². The van der Waals surface area contributed by atoms with E-state index in [-0.39, 0.29) is 5.92 Å². The lowest BCUT2D eigenvalue weighted by Crippen LogP contribution is -2.34. The van der Waals surface area contributed by atoms with Gasteiger partial charge in [-0.25, -0.2) is 19.9 Å². The average molecular weight is 435 g/mol. The van der Waals surface area contributed by atoms with E-state index in [0.717, 1.165) is 66.9 Å². The molecule has 166 valence electrons. The van der Waals surface area contributed by atoms with Crippen molar-refractivity contribution in [3.8, 4) is 5.75 Å². The van der Waals surface area contributed by atoms with Gasteiger partial charge in [-0.1, -0.05) is 12.1 Å². The van der Waals surface area contributed by atoms with Crippen molar-refractivity contribution in [3.05, 3.63) is 60.1 Å². The molecule has 1 fully saturated rings. The molecular formula is C22H26N8O2. The normalized spacial score (nSPS) is 15.1. The van der Waals surface area contributed by atoms with E-state index in [1.165, 1.54) is 6.34 Å². The van der Waals surface area contributed by atoms with Crippen molar-refractivity contribution in [1.82, 2.24) is 15.0 Å². The molecular weight excluding hydrogens is 408 g/mol. The number of hydrogen-bond donors (Lipinski definition) is 1. The van der Waals surface area contributed by atoms with Crippen LogP contribution in [-0.2, 0) is 13.0 Å². The van der Waals surface area contributed by atoms with Gasteiger partial charge in [-0.2, -0.15) is 0 Å². The molecule has 32 heavy (non-hydrogen) atoms. The number of benzene rings is 1. The maximum atomic E-state index is 5.81.